The summed E-state index contributed by atoms with van der Waals surface area (Å²) in [7, 11) is 1.68. The molecule has 4 nitrogen and oxygen atoms in total. The zero-order valence-corrected chi connectivity index (χ0v) is 10.9. The Morgan fingerprint density at radius 1 is 1.59 bits per heavy atom. The van der Waals surface area contributed by atoms with Crippen LogP contribution in [-0.2, 0) is 0 Å². The zero-order valence-electron chi connectivity index (χ0n) is 10.1. The van der Waals surface area contributed by atoms with Crippen LogP contribution in [0.25, 0.3) is 5.57 Å². The van der Waals surface area contributed by atoms with Crippen LogP contribution >= 0.6 is 11.6 Å². The summed E-state index contributed by atoms with van der Waals surface area (Å²) in [5.74, 6) is 0.650. The molecule has 1 heterocycles. The molecular weight excluding hydrogens is 238 g/mol. The Balaban J connectivity index is 3.22. The monoisotopic (exact) mass is 253 g/mol. The number of nitrogens with two attached hydrogens (primary N) is 1. The maximum Gasteiger partial charge on any atom is 0.132 e. The normalized spacial score (nSPS) is 12.4. The van der Waals surface area contributed by atoms with E-state index in [-0.39, 0.29) is 6.10 Å². The third kappa shape index (κ3) is 3.75. The molecule has 0 saturated heterocycles. The highest BCUT2D eigenvalue weighted by Gasteiger charge is 2.10. The van der Waals surface area contributed by atoms with Gasteiger partial charge in [-0.1, -0.05) is 11.6 Å². The molecule has 2 N–H and O–H groups in total. The van der Waals surface area contributed by atoms with E-state index in [9.17, 15) is 0 Å². The number of hydrogen-bond acceptors (Lipinski definition) is 4. The van der Waals surface area contributed by atoms with Crippen molar-refractivity contribution < 1.29 is 4.74 Å². The Labute approximate surface area is 106 Å². The van der Waals surface area contributed by atoms with Gasteiger partial charge in [0.15, 0.2) is 0 Å². The van der Waals surface area contributed by atoms with E-state index < -0.39 is 0 Å². The van der Waals surface area contributed by atoms with E-state index in [2.05, 4.69) is 9.98 Å². The number of aliphatic imine (C=N–C) groups is 1. The molecule has 1 aromatic heterocycles. The molecule has 92 valence electrons. The highest BCUT2D eigenvalue weighted by atomic mass is 35.5. The van der Waals surface area contributed by atoms with Crippen molar-refractivity contribution in [3.8, 4) is 5.75 Å². The summed E-state index contributed by atoms with van der Waals surface area (Å²) in [6.45, 7) is 3.88. The first-order valence-corrected chi connectivity index (χ1v) is 5.63. The topological polar surface area (TPSA) is 60.5 Å². The van der Waals surface area contributed by atoms with E-state index in [0.29, 0.717) is 10.9 Å². The molecule has 0 fully saturated rings. The minimum Gasteiger partial charge on any atom is -0.490 e. The second-order valence-electron chi connectivity index (χ2n) is 3.68. The fraction of sp³-hybridized carbons (Fsp3) is 0.333. The molecule has 0 aliphatic carbocycles. The van der Waals surface area contributed by atoms with Crippen LogP contribution in [0.15, 0.2) is 23.5 Å². The lowest BCUT2D eigenvalue weighted by molar-refractivity contribution is 0.241. The van der Waals surface area contributed by atoms with Gasteiger partial charge in [-0.05, 0) is 13.8 Å². The molecule has 5 heteroatoms. The fourth-order valence-electron chi connectivity index (χ4n) is 1.32. The van der Waals surface area contributed by atoms with Gasteiger partial charge in [0.1, 0.15) is 10.9 Å². The first-order chi connectivity index (χ1) is 8.08. The van der Waals surface area contributed by atoms with Gasteiger partial charge in [0, 0.05) is 42.9 Å². The molecule has 0 saturated carbocycles. The van der Waals surface area contributed by atoms with Crippen molar-refractivity contribution in [2.24, 2.45) is 10.7 Å². The minimum atomic E-state index is 0.0461. The van der Waals surface area contributed by atoms with Crippen molar-refractivity contribution in [1.82, 2.24) is 4.98 Å². The summed E-state index contributed by atoms with van der Waals surface area (Å²) < 4.78 is 5.67. The van der Waals surface area contributed by atoms with Crippen LogP contribution in [0.5, 0.6) is 5.75 Å². The molecule has 0 bridgehead atoms. The summed E-state index contributed by atoms with van der Waals surface area (Å²) in [5, 5.41) is 0.384. The van der Waals surface area contributed by atoms with Crippen molar-refractivity contribution in [1.29, 1.82) is 0 Å². The molecule has 0 unspecified atom stereocenters. The van der Waals surface area contributed by atoms with Gasteiger partial charge in [-0.3, -0.25) is 4.99 Å². The predicted octanol–water partition coefficient (Wildman–Crippen LogP) is 2.52. The quantitative estimate of drug-likeness (QED) is 0.663. The van der Waals surface area contributed by atoms with Gasteiger partial charge in [0.2, 0.25) is 0 Å². The summed E-state index contributed by atoms with van der Waals surface area (Å²) in [4.78, 5) is 7.96. The van der Waals surface area contributed by atoms with Crippen LogP contribution in [0.2, 0.25) is 5.15 Å². The minimum absolute atomic E-state index is 0.0461. The van der Waals surface area contributed by atoms with Crippen LogP contribution in [0.3, 0.4) is 0 Å². The lowest BCUT2D eigenvalue weighted by Crippen LogP contribution is -2.08. The van der Waals surface area contributed by atoms with E-state index >= 15 is 0 Å². The van der Waals surface area contributed by atoms with Crippen molar-refractivity contribution >= 4 is 23.4 Å². The Morgan fingerprint density at radius 2 is 2.29 bits per heavy atom. The average molecular weight is 254 g/mol. The molecule has 1 aromatic rings. The lowest BCUT2D eigenvalue weighted by atomic mass is 10.1. The van der Waals surface area contributed by atoms with Crippen molar-refractivity contribution in [3.05, 3.63) is 29.2 Å². The second-order valence-corrected chi connectivity index (χ2v) is 4.07. The van der Waals surface area contributed by atoms with Crippen LogP contribution in [0.4, 0.5) is 0 Å². The van der Waals surface area contributed by atoms with Gasteiger partial charge in [-0.25, -0.2) is 4.98 Å². The van der Waals surface area contributed by atoms with Crippen LogP contribution in [-0.4, -0.2) is 24.4 Å². The number of ether oxygens (including phenoxy) is 1. The molecule has 1 rings (SSSR count). The molecule has 0 atom stereocenters. The molecule has 0 amide bonds. The fourth-order valence-corrected chi connectivity index (χ4v) is 1.47. The summed E-state index contributed by atoms with van der Waals surface area (Å²) in [5.41, 5.74) is 7.08. The maximum atomic E-state index is 5.85. The SMILES string of the molecule is CN=CC(=CN)c1cnc(Cl)cc1OC(C)C. The number of aromatic nitrogens is 1. The van der Waals surface area contributed by atoms with Gasteiger partial charge < -0.3 is 10.5 Å². The van der Waals surface area contributed by atoms with E-state index in [1.54, 1.807) is 25.5 Å². The van der Waals surface area contributed by atoms with Crippen molar-refractivity contribution in [2.75, 3.05) is 7.05 Å². The molecule has 17 heavy (non-hydrogen) atoms. The Morgan fingerprint density at radius 3 is 2.82 bits per heavy atom. The predicted molar refractivity (Wildman–Crippen MR) is 71.6 cm³/mol. The van der Waals surface area contributed by atoms with E-state index in [0.717, 1.165) is 11.1 Å². The van der Waals surface area contributed by atoms with Gasteiger partial charge in [0.25, 0.3) is 0 Å². The van der Waals surface area contributed by atoms with Gasteiger partial charge in [-0.2, -0.15) is 0 Å². The first kappa shape index (κ1) is 13.5. The third-order valence-corrected chi connectivity index (χ3v) is 2.16. The van der Waals surface area contributed by atoms with Gasteiger partial charge >= 0.3 is 0 Å². The Bertz CT molecular complexity index is 441. The number of rotatable bonds is 4. The lowest BCUT2D eigenvalue weighted by Gasteiger charge is -2.14. The number of halogens is 1. The highest BCUT2D eigenvalue weighted by molar-refractivity contribution is 6.29. The van der Waals surface area contributed by atoms with E-state index in [1.165, 1.54) is 6.20 Å². The molecular formula is C12H16ClN3O. The van der Waals surface area contributed by atoms with E-state index in [1.807, 2.05) is 13.8 Å². The van der Waals surface area contributed by atoms with E-state index in [4.69, 9.17) is 22.1 Å². The summed E-state index contributed by atoms with van der Waals surface area (Å²) in [6, 6.07) is 1.67. The molecule has 0 aliphatic rings. The molecule has 0 aromatic carbocycles. The van der Waals surface area contributed by atoms with Crippen LogP contribution in [0, 0.1) is 0 Å². The summed E-state index contributed by atoms with van der Waals surface area (Å²) in [6.07, 6.45) is 4.79. The third-order valence-electron chi connectivity index (χ3n) is 1.95. The van der Waals surface area contributed by atoms with Crippen molar-refractivity contribution in [3.63, 3.8) is 0 Å². The number of nitrogens with zero attached hydrogens (tertiary/aromatic N) is 2. The van der Waals surface area contributed by atoms with Crippen LogP contribution < -0.4 is 10.5 Å². The maximum absolute atomic E-state index is 5.85. The smallest absolute Gasteiger partial charge is 0.132 e. The molecule has 0 aliphatic heterocycles. The van der Waals surface area contributed by atoms with Gasteiger partial charge in [-0.15, -0.1) is 0 Å². The zero-order chi connectivity index (χ0) is 12.8. The number of pyridine rings is 1. The van der Waals surface area contributed by atoms with Gasteiger partial charge in [0.05, 0.1) is 6.10 Å². The summed E-state index contributed by atoms with van der Waals surface area (Å²) >= 11 is 5.85. The van der Waals surface area contributed by atoms with Crippen molar-refractivity contribution in [2.45, 2.75) is 20.0 Å². The Hall–Kier alpha value is -1.55. The standard InChI is InChI=1S/C12H16ClN3O/c1-8(2)17-11-4-12(13)16-7-10(11)9(5-14)6-15-3/h4-8H,14H2,1-3H3. The Kier molecular flexibility index (Phi) is 4.97. The molecule has 0 radical (unpaired) electrons. The highest BCUT2D eigenvalue weighted by Crippen LogP contribution is 2.27. The second kappa shape index (κ2) is 6.25. The van der Waals surface area contributed by atoms with Crippen LogP contribution in [0.1, 0.15) is 19.4 Å². The average Bonchev–Trinajstić information content (AvgIpc) is 2.26. The number of allylic oxidation sites excluding steroid dienone is 1. The first-order valence-electron chi connectivity index (χ1n) is 5.25. The largest absolute Gasteiger partial charge is 0.490 e. The number of hydrogen-bond donors (Lipinski definition) is 1. The molecule has 0 spiro atoms.